The van der Waals surface area contributed by atoms with Crippen LogP contribution in [0.5, 0.6) is 0 Å². The summed E-state index contributed by atoms with van der Waals surface area (Å²) in [4.78, 5) is 16.3. The maximum atomic E-state index is 12.0. The van der Waals surface area contributed by atoms with Crippen LogP contribution in [0.15, 0.2) is 59.3 Å². The van der Waals surface area contributed by atoms with Gasteiger partial charge < -0.3 is 9.72 Å². The minimum Gasteiger partial charge on any atom is -0.309 e. The van der Waals surface area contributed by atoms with Crippen molar-refractivity contribution in [3.05, 3.63) is 64.9 Å². The molecule has 4 nitrogen and oxygen atoms in total. The zero-order valence-electron chi connectivity index (χ0n) is 10.6. The molecule has 1 aromatic carbocycles. The van der Waals surface area contributed by atoms with E-state index in [1.165, 1.54) is 0 Å². The van der Waals surface area contributed by atoms with Gasteiger partial charge in [0.25, 0.3) is 0 Å². The third kappa shape index (κ3) is 2.88. The van der Waals surface area contributed by atoms with Crippen LogP contribution in [-0.4, -0.2) is 15.3 Å². The molecule has 0 fully saturated rings. The Morgan fingerprint density at radius 1 is 1.20 bits per heavy atom. The van der Waals surface area contributed by atoms with Gasteiger partial charge in [-0.3, -0.25) is 4.79 Å². The van der Waals surface area contributed by atoms with E-state index < -0.39 is 0 Å². The molecule has 5 heteroatoms. The van der Waals surface area contributed by atoms with Gasteiger partial charge in [-0.15, -0.1) is 0 Å². The number of amides is 1. The first-order valence-corrected chi connectivity index (χ1v) is 6.98. The fourth-order valence-electron chi connectivity index (χ4n) is 1.97. The molecule has 0 spiro atoms. The Kier molecular flexibility index (Phi) is 3.52. The van der Waals surface area contributed by atoms with Crippen molar-refractivity contribution in [2.24, 2.45) is 0 Å². The Morgan fingerprint density at radius 3 is 2.75 bits per heavy atom. The molecule has 0 saturated carbocycles. The largest absolute Gasteiger partial charge is 0.309 e. The fourth-order valence-corrected chi connectivity index (χ4v) is 2.23. The summed E-state index contributed by atoms with van der Waals surface area (Å²) in [6.07, 6.45) is 4.03. The number of pyridine rings is 1. The van der Waals surface area contributed by atoms with Crippen LogP contribution in [0.25, 0.3) is 5.65 Å². The molecule has 20 heavy (non-hydrogen) atoms. The van der Waals surface area contributed by atoms with Gasteiger partial charge in [0.1, 0.15) is 5.65 Å². The van der Waals surface area contributed by atoms with Crippen molar-refractivity contribution in [1.29, 1.82) is 0 Å². The van der Waals surface area contributed by atoms with E-state index in [-0.39, 0.29) is 5.91 Å². The molecule has 1 N–H and O–H groups in total. The van der Waals surface area contributed by atoms with Gasteiger partial charge in [-0.05, 0) is 29.8 Å². The Bertz CT molecular complexity index is 716. The molecule has 0 aliphatic rings. The first-order chi connectivity index (χ1) is 9.70. The van der Waals surface area contributed by atoms with Gasteiger partial charge in [-0.25, -0.2) is 4.98 Å². The minimum absolute atomic E-state index is 0.0734. The summed E-state index contributed by atoms with van der Waals surface area (Å²) in [7, 11) is 0. The molecule has 0 bridgehead atoms. The molecule has 3 aromatic rings. The molecular weight excluding hydrogens is 318 g/mol. The molecule has 0 aliphatic carbocycles. The number of nitrogens with zero attached hydrogens (tertiary/aromatic N) is 2. The highest BCUT2D eigenvalue weighted by atomic mass is 79.9. The van der Waals surface area contributed by atoms with Crippen LogP contribution in [0.3, 0.4) is 0 Å². The maximum Gasteiger partial charge on any atom is 0.229 e. The smallest absolute Gasteiger partial charge is 0.229 e. The van der Waals surface area contributed by atoms with E-state index in [9.17, 15) is 4.79 Å². The topological polar surface area (TPSA) is 46.4 Å². The van der Waals surface area contributed by atoms with Crippen molar-refractivity contribution in [2.75, 3.05) is 5.32 Å². The highest BCUT2D eigenvalue weighted by Gasteiger charge is 2.07. The van der Waals surface area contributed by atoms with Gasteiger partial charge in [0.05, 0.1) is 12.6 Å². The lowest BCUT2D eigenvalue weighted by Crippen LogP contribution is -2.14. The molecule has 2 aromatic heterocycles. The molecular formula is C15H12BrN3O. The van der Waals surface area contributed by atoms with E-state index in [0.717, 1.165) is 15.7 Å². The molecule has 0 aliphatic heterocycles. The average molecular weight is 330 g/mol. The number of anilines is 1. The number of nitrogens with one attached hydrogen (secondary N) is 1. The van der Waals surface area contributed by atoms with Crippen molar-refractivity contribution in [2.45, 2.75) is 6.42 Å². The summed E-state index contributed by atoms with van der Waals surface area (Å²) in [5.74, 6) is 0.494. The van der Waals surface area contributed by atoms with E-state index in [1.807, 2.05) is 53.1 Å². The Morgan fingerprint density at radius 2 is 2.00 bits per heavy atom. The van der Waals surface area contributed by atoms with Crippen LogP contribution in [0, 0.1) is 0 Å². The number of hydrogen-bond donors (Lipinski definition) is 1. The van der Waals surface area contributed by atoms with Gasteiger partial charge in [0.2, 0.25) is 5.91 Å². The third-order valence-corrected chi connectivity index (χ3v) is 3.44. The highest BCUT2D eigenvalue weighted by Crippen LogP contribution is 2.12. The number of aromatic nitrogens is 2. The van der Waals surface area contributed by atoms with E-state index in [1.54, 1.807) is 6.20 Å². The standard InChI is InChI=1S/C15H12BrN3O/c16-12-6-4-11(5-7-12)9-15(20)18-13-10-19-8-2-1-3-14(19)17-13/h1-8,10H,9H2,(H,18,20). The lowest BCUT2D eigenvalue weighted by Gasteiger charge is -2.02. The third-order valence-electron chi connectivity index (χ3n) is 2.91. The van der Waals surface area contributed by atoms with Crippen molar-refractivity contribution >= 4 is 33.3 Å². The van der Waals surface area contributed by atoms with E-state index in [2.05, 4.69) is 26.2 Å². The summed E-state index contributed by atoms with van der Waals surface area (Å²) in [5, 5.41) is 2.81. The van der Waals surface area contributed by atoms with E-state index in [4.69, 9.17) is 0 Å². The van der Waals surface area contributed by atoms with Crippen LogP contribution < -0.4 is 5.32 Å². The Labute approximate surface area is 124 Å². The normalized spacial score (nSPS) is 10.7. The first kappa shape index (κ1) is 12.9. The molecule has 0 saturated heterocycles. The maximum absolute atomic E-state index is 12.0. The monoisotopic (exact) mass is 329 g/mol. The van der Waals surface area contributed by atoms with Gasteiger partial charge in [0.15, 0.2) is 5.82 Å². The van der Waals surface area contributed by atoms with Crippen LogP contribution in [-0.2, 0) is 11.2 Å². The molecule has 0 radical (unpaired) electrons. The number of rotatable bonds is 3. The highest BCUT2D eigenvalue weighted by molar-refractivity contribution is 9.10. The zero-order chi connectivity index (χ0) is 13.9. The van der Waals surface area contributed by atoms with Crippen molar-refractivity contribution in [3.63, 3.8) is 0 Å². The summed E-state index contributed by atoms with van der Waals surface area (Å²) < 4.78 is 2.87. The summed E-state index contributed by atoms with van der Waals surface area (Å²) in [6, 6.07) is 13.4. The molecule has 3 rings (SSSR count). The number of carbonyl (C=O) groups is 1. The summed E-state index contributed by atoms with van der Waals surface area (Å²) >= 11 is 3.37. The lowest BCUT2D eigenvalue weighted by atomic mass is 10.1. The average Bonchev–Trinajstić information content (AvgIpc) is 2.83. The lowest BCUT2D eigenvalue weighted by molar-refractivity contribution is -0.115. The second-order valence-corrected chi connectivity index (χ2v) is 5.36. The number of halogens is 1. The van der Waals surface area contributed by atoms with Crippen molar-refractivity contribution < 1.29 is 4.79 Å². The predicted octanol–water partition coefficient (Wildman–Crippen LogP) is 3.28. The number of carbonyl (C=O) groups excluding carboxylic acids is 1. The molecule has 0 unspecified atom stereocenters. The van der Waals surface area contributed by atoms with Gasteiger partial charge in [-0.2, -0.15) is 0 Å². The van der Waals surface area contributed by atoms with Crippen molar-refractivity contribution in [1.82, 2.24) is 9.38 Å². The Balaban J connectivity index is 1.70. The number of fused-ring (bicyclic) bond motifs is 1. The molecule has 0 atom stereocenters. The predicted molar refractivity (Wildman–Crippen MR) is 81.7 cm³/mol. The number of hydrogen-bond acceptors (Lipinski definition) is 2. The van der Waals surface area contributed by atoms with Gasteiger partial charge in [0, 0.05) is 10.7 Å². The van der Waals surface area contributed by atoms with Gasteiger partial charge in [-0.1, -0.05) is 34.1 Å². The first-order valence-electron chi connectivity index (χ1n) is 6.19. The number of benzene rings is 1. The summed E-state index contributed by atoms with van der Waals surface area (Å²) in [6.45, 7) is 0. The minimum atomic E-state index is -0.0734. The molecule has 2 heterocycles. The fraction of sp³-hybridized carbons (Fsp3) is 0.0667. The molecule has 1 amide bonds. The Hall–Kier alpha value is -2.14. The zero-order valence-corrected chi connectivity index (χ0v) is 12.2. The SMILES string of the molecule is O=C(Cc1ccc(Br)cc1)Nc1cn2ccccc2n1. The second-order valence-electron chi connectivity index (χ2n) is 4.44. The van der Waals surface area contributed by atoms with E-state index >= 15 is 0 Å². The van der Waals surface area contributed by atoms with Crippen molar-refractivity contribution in [3.8, 4) is 0 Å². The molecule has 100 valence electrons. The van der Waals surface area contributed by atoms with Crippen LogP contribution in [0.2, 0.25) is 0 Å². The number of imidazole rings is 1. The van der Waals surface area contributed by atoms with Crippen LogP contribution >= 0.6 is 15.9 Å². The quantitative estimate of drug-likeness (QED) is 0.801. The van der Waals surface area contributed by atoms with Crippen LogP contribution in [0.4, 0.5) is 5.82 Å². The summed E-state index contributed by atoms with van der Waals surface area (Å²) in [5.41, 5.74) is 1.78. The van der Waals surface area contributed by atoms with E-state index in [0.29, 0.717) is 12.2 Å². The second kappa shape index (κ2) is 5.46. The van der Waals surface area contributed by atoms with Crippen LogP contribution in [0.1, 0.15) is 5.56 Å². The van der Waals surface area contributed by atoms with Gasteiger partial charge >= 0.3 is 0 Å².